The van der Waals surface area contributed by atoms with Crippen molar-refractivity contribution in [2.24, 2.45) is 0 Å². The highest BCUT2D eigenvalue weighted by Crippen LogP contribution is 2.20. The second-order valence-electron chi connectivity index (χ2n) is 3.87. The minimum Gasteiger partial charge on any atom is -0.496 e. The SMILES string of the molecule is COc1ccccc1C(=O)COc1cccc(Br)c1. The number of hydrogen-bond donors (Lipinski definition) is 0. The monoisotopic (exact) mass is 320 g/mol. The van der Waals surface area contributed by atoms with Crippen molar-refractivity contribution in [2.75, 3.05) is 13.7 Å². The Morgan fingerprint density at radius 2 is 1.95 bits per heavy atom. The van der Waals surface area contributed by atoms with Crippen LogP contribution in [-0.2, 0) is 0 Å². The van der Waals surface area contributed by atoms with E-state index >= 15 is 0 Å². The molecule has 0 bridgehead atoms. The van der Waals surface area contributed by atoms with E-state index in [0.717, 1.165) is 4.47 Å². The average molecular weight is 321 g/mol. The smallest absolute Gasteiger partial charge is 0.203 e. The molecular formula is C15H13BrO3. The molecule has 0 N–H and O–H groups in total. The van der Waals surface area contributed by atoms with Gasteiger partial charge in [-0.3, -0.25) is 4.79 Å². The third-order valence-electron chi connectivity index (χ3n) is 2.57. The lowest BCUT2D eigenvalue weighted by Crippen LogP contribution is -2.12. The summed E-state index contributed by atoms with van der Waals surface area (Å²) in [5.41, 5.74) is 0.528. The van der Waals surface area contributed by atoms with E-state index in [2.05, 4.69) is 15.9 Å². The Morgan fingerprint density at radius 1 is 1.16 bits per heavy atom. The normalized spacial score (nSPS) is 10.0. The molecule has 0 amide bonds. The summed E-state index contributed by atoms with van der Waals surface area (Å²) in [7, 11) is 1.54. The highest BCUT2D eigenvalue weighted by Gasteiger charge is 2.12. The van der Waals surface area contributed by atoms with Gasteiger partial charge >= 0.3 is 0 Å². The molecule has 2 aromatic carbocycles. The van der Waals surface area contributed by atoms with Crippen molar-refractivity contribution in [2.45, 2.75) is 0 Å². The topological polar surface area (TPSA) is 35.5 Å². The van der Waals surface area contributed by atoms with Crippen LogP contribution in [0.15, 0.2) is 53.0 Å². The molecule has 4 heteroatoms. The number of Topliss-reactive ketones (excluding diaryl/α,β-unsaturated/α-hetero) is 1. The molecule has 0 saturated carbocycles. The number of benzene rings is 2. The standard InChI is InChI=1S/C15H13BrO3/c1-18-15-8-3-2-7-13(15)14(17)10-19-12-6-4-5-11(16)9-12/h2-9H,10H2,1H3. The van der Waals surface area contributed by atoms with E-state index in [4.69, 9.17) is 9.47 Å². The Hall–Kier alpha value is -1.81. The first-order chi connectivity index (χ1) is 9.20. The zero-order chi connectivity index (χ0) is 13.7. The van der Waals surface area contributed by atoms with Crippen molar-refractivity contribution in [1.82, 2.24) is 0 Å². The fraction of sp³-hybridized carbons (Fsp3) is 0.133. The molecule has 2 rings (SSSR count). The van der Waals surface area contributed by atoms with Crippen molar-refractivity contribution in [3.8, 4) is 11.5 Å². The van der Waals surface area contributed by atoms with Gasteiger partial charge in [-0.15, -0.1) is 0 Å². The molecule has 0 aliphatic heterocycles. The van der Waals surface area contributed by atoms with Gasteiger partial charge in [0.15, 0.2) is 6.61 Å². The maximum Gasteiger partial charge on any atom is 0.203 e. The minimum atomic E-state index is -0.113. The summed E-state index contributed by atoms with van der Waals surface area (Å²) in [4.78, 5) is 12.1. The first kappa shape index (κ1) is 13.6. The number of ether oxygens (including phenoxy) is 2. The van der Waals surface area contributed by atoms with Crippen LogP contribution in [0.5, 0.6) is 11.5 Å². The molecule has 0 radical (unpaired) electrons. The largest absolute Gasteiger partial charge is 0.496 e. The van der Waals surface area contributed by atoms with E-state index in [0.29, 0.717) is 17.1 Å². The van der Waals surface area contributed by atoms with Gasteiger partial charge in [-0.1, -0.05) is 34.1 Å². The van der Waals surface area contributed by atoms with Crippen LogP contribution in [0.2, 0.25) is 0 Å². The van der Waals surface area contributed by atoms with E-state index in [-0.39, 0.29) is 12.4 Å². The van der Waals surface area contributed by atoms with Crippen molar-refractivity contribution in [3.05, 3.63) is 58.6 Å². The van der Waals surface area contributed by atoms with Crippen LogP contribution < -0.4 is 9.47 Å². The average Bonchev–Trinajstić information content (AvgIpc) is 2.45. The lowest BCUT2D eigenvalue weighted by Gasteiger charge is -2.08. The number of carbonyl (C=O) groups is 1. The van der Waals surface area contributed by atoms with E-state index in [1.54, 1.807) is 31.4 Å². The second-order valence-corrected chi connectivity index (χ2v) is 4.79. The van der Waals surface area contributed by atoms with E-state index < -0.39 is 0 Å². The predicted octanol–water partition coefficient (Wildman–Crippen LogP) is 3.72. The maximum atomic E-state index is 12.1. The Bertz CT molecular complexity index is 581. The molecule has 0 spiro atoms. The van der Waals surface area contributed by atoms with Crippen molar-refractivity contribution in [1.29, 1.82) is 0 Å². The number of hydrogen-bond acceptors (Lipinski definition) is 3. The third-order valence-corrected chi connectivity index (χ3v) is 3.07. The van der Waals surface area contributed by atoms with E-state index in [9.17, 15) is 4.79 Å². The summed E-state index contributed by atoms with van der Waals surface area (Å²) < 4.78 is 11.5. The van der Waals surface area contributed by atoms with Crippen LogP contribution in [0.4, 0.5) is 0 Å². The van der Waals surface area contributed by atoms with Gasteiger partial charge in [0.05, 0.1) is 12.7 Å². The van der Waals surface area contributed by atoms with Crippen molar-refractivity contribution < 1.29 is 14.3 Å². The molecule has 0 unspecified atom stereocenters. The number of para-hydroxylation sites is 1. The molecule has 0 aromatic heterocycles. The number of ketones is 1. The van der Waals surface area contributed by atoms with Gasteiger partial charge in [-0.25, -0.2) is 0 Å². The molecule has 0 atom stereocenters. The summed E-state index contributed by atoms with van der Waals surface area (Å²) in [6, 6.07) is 14.5. The van der Waals surface area contributed by atoms with Gasteiger partial charge in [0.25, 0.3) is 0 Å². The highest BCUT2D eigenvalue weighted by atomic mass is 79.9. The Morgan fingerprint density at radius 3 is 2.68 bits per heavy atom. The quantitative estimate of drug-likeness (QED) is 0.788. The number of rotatable bonds is 5. The van der Waals surface area contributed by atoms with Gasteiger partial charge in [0, 0.05) is 4.47 Å². The van der Waals surface area contributed by atoms with Crippen LogP contribution >= 0.6 is 15.9 Å². The fourth-order valence-corrected chi connectivity index (χ4v) is 2.04. The lowest BCUT2D eigenvalue weighted by molar-refractivity contribution is 0.0918. The molecule has 0 fully saturated rings. The molecule has 98 valence electrons. The number of halogens is 1. The Labute approximate surface area is 120 Å². The van der Waals surface area contributed by atoms with Gasteiger partial charge < -0.3 is 9.47 Å². The molecule has 0 aliphatic carbocycles. The van der Waals surface area contributed by atoms with Crippen LogP contribution in [0.25, 0.3) is 0 Å². The molecule has 0 saturated heterocycles. The highest BCUT2D eigenvalue weighted by molar-refractivity contribution is 9.10. The first-order valence-electron chi connectivity index (χ1n) is 5.75. The van der Waals surface area contributed by atoms with Gasteiger partial charge in [-0.2, -0.15) is 0 Å². The zero-order valence-electron chi connectivity index (χ0n) is 10.4. The van der Waals surface area contributed by atoms with E-state index in [1.165, 1.54) is 0 Å². The molecule has 0 aliphatic rings. The van der Waals surface area contributed by atoms with Crippen LogP contribution in [-0.4, -0.2) is 19.5 Å². The molecule has 3 nitrogen and oxygen atoms in total. The second kappa shape index (κ2) is 6.38. The van der Waals surface area contributed by atoms with Crippen LogP contribution in [0, 0.1) is 0 Å². The summed E-state index contributed by atoms with van der Waals surface area (Å²) in [6.45, 7) is -0.0170. The summed E-state index contributed by atoms with van der Waals surface area (Å²) in [5.74, 6) is 1.10. The van der Waals surface area contributed by atoms with Crippen LogP contribution in [0.3, 0.4) is 0 Å². The molecule has 19 heavy (non-hydrogen) atoms. The summed E-state index contributed by atoms with van der Waals surface area (Å²) >= 11 is 3.35. The molecular weight excluding hydrogens is 308 g/mol. The first-order valence-corrected chi connectivity index (χ1v) is 6.54. The minimum absolute atomic E-state index is 0.0170. The van der Waals surface area contributed by atoms with Crippen LogP contribution in [0.1, 0.15) is 10.4 Å². The maximum absolute atomic E-state index is 12.1. The fourth-order valence-electron chi connectivity index (χ4n) is 1.66. The van der Waals surface area contributed by atoms with Crippen molar-refractivity contribution in [3.63, 3.8) is 0 Å². The molecule has 2 aromatic rings. The van der Waals surface area contributed by atoms with Gasteiger partial charge in [-0.05, 0) is 30.3 Å². The lowest BCUT2D eigenvalue weighted by atomic mass is 10.1. The molecule has 0 heterocycles. The Kier molecular flexibility index (Phi) is 4.58. The zero-order valence-corrected chi connectivity index (χ0v) is 12.0. The van der Waals surface area contributed by atoms with E-state index in [1.807, 2.05) is 24.3 Å². The Balaban J connectivity index is 2.05. The number of carbonyl (C=O) groups excluding carboxylic acids is 1. The summed E-state index contributed by atoms with van der Waals surface area (Å²) in [6.07, 6.45) is 0. The predicted molar refractivity (Wildman–Crippen MR) is 77.0 cm³/mol. The number of methoxy groups -OCH3 is 1. The van der Waals surface area contributed by atoms with Gasteiger partial charge in [0.2, 0.25) is 5.78 Å². The summed E-state index contributed by atoms with van der Waals surface area (Å²) in [5, 5.41) is 0. The van der Waals surface area contributed by atoms with Crippen molar-refractivity contribution >= 4 is 21.7 Å². The third kappa shape index (κ3) is 3.58. The van der Waals surface area contributed by atoms with Gasteiger partial charge in [0.1, 0.15) is 11.5 Å².